The van der Waals surface area contributed by atoms with Crippen LogP contribution in [0.15, 0.2) is 24.3 Å². The fourth-order valence-electron chi connectivity index (χ4n) is 2.52. The minimum Gasteiger partial charge on any atom is -0.476 e. The Hall–Kier alpha value is -1.92. The van der Waals surface area contributed by atoms with Crippen LogP contribution in [0, 0.1) is 0 Å². The van der Waals surface area contributed by atoms with Crippen LogP contribution in [0.4, 0.5) is 0 Å². The van der Waals surface area contributed by atoms with Gasteiger partial charge in [-0.3, -0.25) is 9.58 Å². The van der Waals surface area contributed by atoms with E-state index in [0.717, 1.165) is 38.4 Å². The number of hydrogen-bond donors (Lipinski definition) is 1. The molecule has 106 valence electrons. The molecular weight excluding hydrogens is 258 g/mol. The largest absolute Gasteiger partial charge is 0.476 e. The number of morpholine rings is 1. The lowest BCUT2D eigenvalue weighted by Gasteiger charge is -2.26. The third-order valence-corrected chi connectivity index (χ3v) is 3.59. The first-order valence-electron chi connectivity index (χ1n) is 6.74. The Balaban J connectivity index is 1.82. The average molecular weight is 275 g/mol. The fourth-order valence-corrected chi connectivity index (χ4v) is 2.52. The molecular formula is C14H17N3O3. The molecule has 0 bridgehead atoms. The maximum Gasteiger partial charge on any atom is 0.357 e. The summed E-state index contributed by atoms with van der Waals surface area (Å²) in [5.74, 6) is -0.980. The molecule has 1 saturated heterocycles. The molecule has 0 unspecified atom stereocenters. The number of carbonyl (C=O) groups is 1. The van der Waals surface area contributed by atoms with Gasteiger partial charge >= 0.3 is 5.97 Å². The summed E-state index contributed by atoms with van der Waals surface area (Å²) in [6, 6.07) is 7.45. The minimum absolute atomic E-state index is 0.127. The number of benzene rings is 1. The number of carboxylic acids is 1. The Morgan fingerprint density at radius 1 is 1.25 bits per heavy atom. The van der Waals surface area contributed by atoms with E-state index < -0.39 is 5.97 Å². The van der Waals surface area contributed by atoms with Crippen molar-refractivity contribution in [3.8, 4) is 0 Å². The van der Waals surface area contributed by atoms with Gasteiger partial charge in [-0.25, -0.2) is 4.79 Å². The lowest BCUT2D eigenvalue weighted by molar-refractivity contribution is 0.0361. The first kappa shape index (κ1) is 13.1. The average Bonchev–Trinajstić information content (AvgIpc) is 2.85. The highest BCUT2D eigenvalue weighted by molar-refractivity contribution is 6.01. The van der Waals surface area contributed by atoms with Gasteiger partial charge in [0.1, 0.15) is 0 Å². The minimum atomic E-state index is -0.980. The number of aromatic nitrogens is 2. The first-order chi connectivity index (χ1) is 9.75. The summed E-state index contributed by atoms with van der Waals surface area (Å²) >= 11 is 0. The van der Waals surface area contributed by atoms with Crippen LogP contribution in [-0.4, -0.2) is 58.6 Å². The van der Waals surface area contributed by atoms with E-state index in [-0.39, 0.29) is 5.69 Å². The van der Waals surface area contributed by atoms with Gasteiger partial charge in [0.15, 0.2) is 5.69 Å². The number of rotatable bonds is 4. The molecule has 20 heavy (non-hydrogen) atoms. The van der Waals surface area contributed by atoms with Crippen LogP contribution in [0.5, 0.6) is 0 Å². The second-order valence-corrected chi connectivity index (χ2v) is 4.85. The Bertz CT molecular complexity index is 617. The van der Waals surface area contributed by atoms with Crippen molar-refractivity contribution in [2.45, 2.75) is 6.54 Å². The summed E-state index contributed by atoms with van der Waals surface area (Å²) in [5, 5.41) is 14.1. The number of para-hydroxylation sites is 1. The predicted molar refractivity (Wildman–Crippen MR) is 74.0 cm³/mol. The van der Waals surface area contributed by atoms with Gasteiger partial charge in [-0.05, 0) is 6.07 Å². The van der Waals surface area contributed by atoms with Crippen LogP contribution in [0.2, 0.25) is 0 Å². The Kier molecular flexibility index (Phi) is 3.66. The van der Waals surface area contributed by atoms with E-state index >= 15 is 0 Å². The lowest BCUT2D eigenvalue weighted by Crippen LogP contribution is -2.38. The zero-order valence-electron chi connectivity index (χ0n) is 11.2. The maximum atomic E-state index is 11.2. The second-order valence-electron chi connectivity index (χ2n) is 4.85. The van der Waals surface area contributed by atoms with E-state index in [0.29, 0.717) is 11.9 Å². The normalized spacial score (nSPS) is 16.6. The van der Waals surface area contributed by atoms with Crippen LogP contribution in [0.25, 0.3) is 10.9 Å². The molecule has 2 aromatic rings. The fraction of sp³-hybridized carbons (Fsp3) is 0.429. The number of hydrogen-bond acceptors (Lipinski definition) is 4. The Morgan fingerprint density at radius 2 is 2.00 bits per heavy atom. The number of aromatic carboxylic acids is 1. The topological polar surface area (TPSA) is 67.6 Å². The third-order valence-electron chi connectivity index (χ3n) is 3.59. The quantitative estimate of drug-likeness (QED) is 0.904. The van der Waals surface area contributed by atoms with Crippen molar-refractivity contribution >= 4 is 16.9 Å². The highest BCUT2D eigenvalue weighted by Crippen LogP contribution is 2.18. The molecule has 6 nitrogen and oxygen atoms in total. The van der Waals surface area contributed by atoms with Crippen LogP contribution < -0.4 is 0 Å². The number of nitrogens with zero attached hydrogens (tertiary/aromatic N) is 3. The summed E-state index contributed by atoms with van der Waals surface area (Å²) in [7, 11) is 0. The molecule has 3 rings (SSSR count). The van der Waals surface area contributed by atoms with E-state index in [9.17, 15) is 9.90 Å². The van der Waals surface area contributed by atoms with Crippen molar-refractivity contribution < 1.29 is 14.6 Å². The monoisotopic (exact) mass is 275 g/mol. The smallest absolute Gasteiger partial charge is 0.357 e. The molecule has 0 aliphatic carbocycles. The van der Waals surface area contributed by atoms with Gasteiger partial charge in [-0.1, -0.05) is 18.2 Å². The van der Waals surface area contributed by atoms with Gasteiger partial charge in [0.05, 0.1) is 25.3 Å². The van der Waals surface area contributed by atoms with Gasteiger partial charge in [-0.2, -0.15) is 5.10 Å². The number of ether oxygens (including phenoxy) is 1. The standard InChI is InChI=1S/C14H17N3O3/c18-14(19)13-11-3-1-2-4-12(11)17(15-13)6-5-16-7-9-20-10-8-16/h1-4H,5-10H2,(H,18,19). The van der Waals surface area contributed by atoms with Gasteiger partial charge in [0, 0.05) is 25.0 Å². The number of fused-ring (bicyclic) bond motifs is 1. The van der Waals surface area contributed by atoms with Crippen LogP contribution in [0.3, 0.4) is 0 Å². The van der Waals surface area contributed by atoms with Crippen molar-refractivity contribution in [2.75, 3.05) is 32.8 Å². The zero-order chi connectivity index (χ0) is 13.9. The SMILES string of the molecule is O=C(O)c1nn(CCN2CCOCC2)c2ccccc12. The van der Waals surface area contributed by atoms with E-state index in [1.54, 1.807) is 10.7 Å². The van der Waals surface area contributed by atoms with Gasteiger partial charge in [-0.15, -0.1) is 0 Å². The third kappa shape index (κ3) is 2.52. The second kappa shape index (κ2) is 5.60. The molecule has 1 aliphatic rings. The van der Waals surface area contributed by atoms with Crippen LogP contribution in [-0.2, 0) is 11.3 Å². The maximum absolute atomic E-state index is 11.2. The Morgan fingerprint density at radius 3 is 2.75 bits per heavy atom. The molecule has 1 aromatic heterocycles. The summed E-state index contributed by atoms with van der Waals surface area (Å²) in [4.78, 5) is 13.5. The van der Waals surface area contributed by atoms with Gasteiger partial charge in [0.25, 0.3) is 0 Å². The van der Waals surface area contributed by atoms with Gasteiger partial charge in [0.2, 0.25) is 0 Å². The van der Waals surface area contributed by atoms with E-state index in [1.165, 1.54) is 0 Å². The molecule has 0 amide bonds. The molecule has 1 N–H and O–H groups in total. The predicted octanol–water partition coefficient (Wildman–Crippen LogP) is 1.07. The summed E-state index contributed by atoms with van der Waals surface area (Å²) < 4.78 is 7.10. The van der Waals surface area contributed by atoms with Crippen molar-refractivity contribution in [3.05, 3.63) is 30.0 Å². The van der Waals surface area contributed by atoms with Crippen molar-refractivity contribution in [3.63, 3.8) is 0 Å². The van der Waals surface area contributed by atoms with E-state index in [1.807, 2.05) is 18.2 Å². The highest BCUT2D eigenvalue weighted by Gasteiger charge is 2.16. The molecule has 6 heteroatoms. The summed E-state index contributed by atoms with van der Waals surface area (Å²) in [5.41, 5.74) is 1.00. The Labute approximate surface area is 116 Å². The molecule has 1 aliphatic heterocycles. The molecule has 0 atom stereocenters. The van der Waals surface area contributed by atoms with E-state index in [2.05, 4.69) is 10.00 Å². The van der Waals surface area contributed by atoms with Crippen molar-refractivity contribution in [1.29, 1.82) is 0 Å². The summed E-state index contributed by atoms with van der Waals surface area (Å²) in [6.45, 7) is 4.92. The molecule has 1 fully saturated rings. The molecule has 1 aromatic carbocycles. The highest BCUT2D eigenvalue weighted by atomic mass is 16.5. The first-order valence-corrected chi connectivity index (χ1v) is 6.74. The molecule has 2 heterocycles. The van der Waals surface area contributed by atoms with Crippen molar-refractivity contribution in [2.24, 2.45) is 0 Å². The number of carboxylic acid groups (broad SMARTS) is 1. The summed E-state index contributed by atoms with van der Waals surface area (Å²) in [6.07, 6.45) is 0. The lowest BCUT2D eigenvalue weighted by atomic mass is 10.2. The van der Waals surface area contributed by atoms with Crippen molar-refractivity contribution in [1.82, 2.24) is 14.7 Å². The molecule has 0 saturated carbocycles. The zero-order valence-corrected chi connectivity index (χ0v) is 11.2. The molecule has 0 radical (unpaired) electrons. The van der Waals surface area contributed by atoms with Crippen LogP contribution >= 0.6 is 0 Å². The van der Waals surface area contributed by atoms with E-state index in [4.69, 9.17) is 4.74 Å². The van der Waals surface area contributed by atoms with Crippen LogP contribution in [0.1, 0.15) is 10.5 Å². The molecule has 0 spiro atoms. The van der Waals surface area contributed by atoms with Gasteiger partial charge < -0.3 is 9.84 Å².